The molecule has 38 heavy (non-hydrogen) atoms. The Morgan fingerprint density at radius 2 is 1.26 bits per heavy atom. The van der Waals surface area contributed by atoms with E-state index < -0.39 is 11.6 Å². The number of carbonyl (C=O) groups excluding carboxylic acids is 1. The van der Waals surface area contributed by atoms with E-state index in [-0.39, 0.29) is 5.97 Å². The molecule has 1 N–H and O–H groups in total. The first-order valence-electron chi connectivity index (χ1n) is 12.8. The number of nitrogens with one attached hydrogen (secondary N) is 1. The van der Waals surface area contributed by atoms with Gasteiger partial charge in [0.15, 0.2) is 0 Å². The zero-order chi connectivity index (χ0) is 26.2. The summed E-state index contributed by atoms with van der Waals surface area (Å²) in [6, 6.07) is 40.9. The molecule has 5 rings (SSSR count). The predicted octanol–water partition coefficient (Wildman–Crippen LogP) is 5.60. The van der Waals surface area contributed by atoms with Gasteiger partial charge in [0.05, 0.1) is 19.1 Å². The molecule has 0 aliphatic rings. The van der Waals surface area contributed by atoms with Crippen molar-refractivity contribution in [3.05, 3.63) is 162 Å². The molecule has 190 valence electrons. The van der Waals surface area contributed by atoms with Crippen LogP contribution >= 0.6 is 0 Å². The Kier molecular flexibility index (Phi) is 7.76. The molecular weight excluding hydrogens is 470 g/mol. The van der Waals surface area contributed by atoms with E-state index in [1.54, 1.807) is 0 Å². The van der Waals surface area contributed by atoms with Crippen LogP contribution in [-0.4, -0.2) is 28.7 Å². The highest BCUT2D eigenvalue weighted by atomic mass is 16.5. The maximum Gasteiger partial charge on any atom is 0.323 e. The van der Waals surface area contributed by atoms with Crippen LogP contribution in [0.3, 0.4) is 0 Å². The molecular formula is C33H31N3O2. The molecule has 0 bridgehead atoms. The highest BCUT2D eigenvalue weighted by Crippen LogP contribution is 2.40. The topological polar surface area (TPSA) is 56.2 Å². The second-order valence-electron chi connectivity index (χ2n) is 9.23. The van der Waals surface area contributed by atoms with Crippen molar-refractivity contribution in [2.24, 2.45) is 0 Å². The maximum absolute atomic E-state index is 12.7. The molecule has 0 saturated carbocycles. The summed E-state index contributed by atoms with van der Waals surface area (Å²) in [6.45, 7) is 0.559. The van der Waals surface area contributed by atoms with Gasteiger partial charge in [-0.2, -0.15) is 0 Å². The lowest BCUT2D eigenvalue weighted by atomic mass is 9.77. The van der Waals surface area contributed by atoms with Crippen molar-refractivity contribution in [2.45, 2.75) is 24.5 Å². The summed E-state index contributed by atoms with van der Waals surface area (Å²) < 4.78 is 7.28. The summed E-state index contributed by atoms with van der Waals surface area (Å²) in [5.41, 5.74) is 4.61. The molecule has 1 heterocycles. The number of hydrogen-bond acceptors (Lipinski definition) is 4. The van der Waals surface area contributed by atoms with Crippen molar-refractivity contribution in [3.63, 3.8) is 0 Å². The van der Waals surface area contributed by atoms with E-state index in [9.17, 15) is 4.79 Å². The van der Waals surface area contributed by atoms with E-state index in [1.165, 1.54) is 7.11 Å². The van der Waals surface area contributed by atoms with Gasteiger partial charge in [0.2, 0.25) is 0 Å². The van der Waals surface area contributed by atoms with Crippen molar-refractivity contribution in [3.8, 4) is 0 Å². The second kappa shape index (κ2) is 11.7. The molecule has 0 saturated heterocycles. The lowest BCUT2D eigenvalue weighted by Gasteiger charge is -2.37. The fourth-order valence-electron chi connectivity index (χ4n) is 5.06. The highest BCUT2D eigenvalue weighted by molar-refractivity contribution is 5.76. The first kappa shape index (κ1) is 25.2. The van der Waals surface area contributed by atoms with Crippen LogP contribution in [0.2, 0.25) is 0 Å². The van der Waals surface area contributed by atoms with Gasteiger partial charge in [-0.05, 0) is 22.3 Å². The minimum Gasteiger partial charge on any atom is -0.468 e. The van der Waals surface area contributed by atoms with Crippen LogP contribution < -0.4 is 5.32 Å². The van der Waals surface area contributed by atoms with Gasteiger partial charge < -0.3 is 9.30 Å². The fourth-order valence-corrected chi connectivity index (χ4v) is 5.06. The average Bonchev–Trinajstić information content (AvgIpc) is 3.46. The lowest BCUT2D eigenvalue weighted by Crippen LogP contribution is -2.39. The van der Waals surface area contributed by atoms with Crippen LogP contribution in [-0.2, 0) is 28.0 Å². The van der Waals surface area contributed by atoms with Crippen LogP contribution in [0.4, 0.5) is 0 Å². The van der Waals surface area contributed by atoms with Crippen molar-refractivity contribution in [2.75, 3.05) is 7.11 Å². The minimum absolute atomic E-state index is 0.309. The van der Waals surface area contributed by atoms with Crippen molar-refractivity contribution < 1.29 is 9.53 Å². The summed E-state index contributed by atoms with van der Waals surface area (Å²) in [6.07, 6.45) is 4.32. The normalized spacial score (nSPS) is 12.1. The Morgan fingerprint density at radius 1 is 0.789 bits per heavy atom. The zero-order valence-electron chi connectivity index (χ0n) is 21.4. The Morgan fingerprint density at radius 3 is 1.74 bits per heavy atom. The van der Waals surface area contributed by atoms with Gasteiger partial charge in [-0.3, -0.25) is 10.1 Å². The number of carbonyl (C=O) groups is 1. The fraction of sp³-hybridized carbons (Fsp3) is 0.152. The van der Waals surface area contributed by atoms with E-state index in [2.05, 4.69) is 82.7 Å². The third-order valence-corrected chi connectivity index (χ3v) is 6.89. The third-order valence-electron chi connectivity index (χ3n) is 6.89. The van der Waals surface area contributed by atoms with Gasteiger partial charge in [-0.25, -0.2) is 4.98 Å². The number of hydrogen-bond donors (Lipinski definition) is 1. The predicted molar refractivity (Wildman–Crippen MR) is 150 cm³/mol. The molecule has 4 aromatic carbocycles. The molecule has 0 aliphatic carbocycles. The molecule has 5 nitrogen and oxygen atoms in total. The van der Waals surface area contributed by atoms with E-state index >= 15 is 0 Å². The van der Waals surface area contributed by atoms with Gasteiger partial charge in [-0.1, -0.05) is 121 Å². The number of aromatic nitrogens is 2. The number of rotatable bonds is 10. The highest BCUT2D eigenvalue weighted by Gasteiger charge is 2.38. The van der Waals surface area contributed by atoms with Crippen LogP contribution in [0.5, 0.6) is 0 Å². The molecule has 0 unspecified atom stereocenters. The summed E-state index contributed by atoms with van der Waals surface area (Å²) in [5.74, 6) is -0.309. The SMILES string of the molecule is COC(=O)[C@H](Cc1cn(C(c2ccccc2)(c2ccccc2)c2ccccc2)cn1)NCc1ccccc1. The third kappa shape index (κ3) is 5.15. The molecule has 5 heteroatoms. The standard InChI is InChI=1S/C33H31N3O2/c1-38-32(37)31(34-23-26-14-6-2-7-15-26)22-30-24-36(25-35-30)33(27-16-8-3-9-17-27,28-18-10-4-11-19-28)29-20-12-5-13-21-29/h2-21,24-25,31,34H,22-23H2,1H3/t31-/m0/s1. The largest absolute Gasteiger partial charge is 0.468 e. The van der Waals surface area contributed by atoms with Crippen molar-refractivity contribution in [1.82, 2.24) is 14.9 Å². The van der Waals surface area contributed by atoms with E-state index in [1.807, 2.05) is 61.1 Å². The second-order valence-corrected chi connectivity index (χ2v) is 9.23. The Hall–Kier alpha value is -4.48. The van der Waals surface area contributed by atoms with Crippen molar-refractivity contribution >= 4 is 5.97 Å². The monoisotopic (exact) mass is 501 g/mol. The van der Waals surface area contributed by atoms with Gasteiger partial charge in [0.25, 0.3) is 0 Å². The van der Waals surface area contributed by atoms with Gasteiger partial charge in [-0.15, -0.1) is 0 Å². The molecule has 0 aliphatic heterocycles. The molecule has 0 spiro atoms. The zero-order valence-corrected chi connectivity index (χ0v) is 21.4. The number of ether oxygens (including phenoxy) is 1. The summed E-state index contributed by atoms with van der Waals surface area (Å²) in [5, 5.41) is 3.35. The first-order valence-corrected chi connectivity index (χ1v) is 12.8. The molecule has 0 fully saturated rings. The van der Waals surface area contributed by atoms with Crippen LogP contribution in [0, 0.1) is 0 Å². The maximum atomic E-state index is 12.7. The number of imidazole rings is 1. The summed E-state index contributed by atoms with van der Waals surface area (Å²) >= 11 is 0. The van der Waals surface area contributed by atoms with E-state index in [0.717, 1.165) is 27.9 Å². The first-order chi connectivity index (χ1) is 18.7. The number of benzene rings is 4. The smallest absolute Gasteiger partial charge is 0.323 e. The van der Waals surface area contributed by atoms with Crippen LogP contribution in [0.25, 0.3) is 0 Å². The van der Waals surface area contributed by atoms with E-state index in [0.29, 0.717) is 13.0 Å². The average molecular weight is 502 g/mol. The quantitative estimate of drug-likeness (QED) is 0.200. The Balaban J connectivity index is 1.56. The molecule has 0 radical (unpaired) electrons. The van der Waals surface area contributed by atoms with Gasteiger partial charge >= 0.3 is 5.97 Å². The minimum atomic E-state index is -0.646. The number of methoxy groups -OCH3 is 1. The molecule has 0 amide bonds. The molecule has 5 aromatic rings. The van der Waals surface area contributed by atoms with Crippen molar-refractivity contribution in [1.29, 1.82) is 0 Å². The summed E-state index contributed by atoms with van der Waals surface area (Å²) in [7, 11) is 1.42. The molecule has 1 atom stereocenters. The number of esters is 1. The van der Waals surface area contributed by atoms with Crippen LogP contribution in [0.15, 0.2) is 134 Å². The Labute approximate surface area is 223 Å². The van der Waals surface area contributed by atoms with E-state index in [4.69, 9.17) is 9.72 Å². The lowest BCUT2D eigenvalue weighted by molar-refractivity contribution is -0.143. The Bertz CT molecular complexity index is 1340. The number of nitrogens with zero attached hydrogens (tertiary/aromatic N) is 2. The van der Waals surface area contributed by atoms with Gasteiger partial charge in [0.1, 0.15) is 11.6 Å². The molecule has 1 aromatic heterocycles. The summed E-state index contributed by atoms with van der Waals surface area (Å²) in [4.78, 5) is 17.5. The van der Waals surface area contributed by atoms with Crippen LogP contribution in [0.1, 0.15) is 27.9 Å². The van der Waals surface area contributed by atoms with Gasteiger partial charge in [0, 0.05) is 19.2 Å².